The quantitative estimate of drug-likeness (QED) is 0.892. The third-order valence-electron chi connectivity index (χ3n) is 4.01. The minimum atomic E-state index is -0.137. The average Bonchev–Trinajstić information content (AvgIpc) is 2.55. The molecule has 0 bridgehead atoms. The molecule has 2 aromatic carbocycles. The van der Waals surface area contributed by atoms with Gasteiger partial charge in [-0.05, 0) is 66.8 Å². The molecule has 4 nitrogen and oxygen atoms in total. The lowest BCUT2D eigenvalue weighted by molar-refractivity contribution is 0.102. The van der Waals surface area contributed by atoms with Crippen LogP contribution in [0.2, 0.25) is 0 Å². The Morgan fingerprint density at radius 2 is 1.95 bits per heavy atom. The van der Waals surface area contributed by atoms with Gasteiger partial charge in [0.1, 0.15) is 0 Å². The molecular formula is C18H17N3O. The minimum absolute atomic E-state index is 0.137. The van der Waals surface area contributed by atoms with E-state index in [-0.39, 0.29) is 11.9 Å². The summed E-state index contributed by atoms with van der Waals surface area (Å²) in [7, 11) is 0. The fourth-order valence-electron chi connectivity index (χ4n) is 2.76. The summed E-state index contributed by atoms with van der Waals surface area (Å²) < 4.78 is 0. The van der Waals surface area contributed by atoms with Crippen LogP contribution in [0.25, 0.3) is 0 Å². The summed E-state index contributed by atoms with van der Waals surface area (Å²) in [6.07, 6.45) is 2.77. The van der Waals surface area contributed by atoms with Crippen LogP contribution in [0.3, 0.4) is 0 Å². The molecule has 0 saturated carbocycles. The van der Waals surface area contributed by atoms with E-state index in [2.05, 4.69) is 11.4 Å². The van der Waals surface area contributed by atoms with Crippen LogP contribution in [0.15, 0.2) is 42.5 Å². The Balaban J connectivity index is 1.76. The van der Waals surface area contributed by atoms with Crippen molar-refractivity contribution in [1.29, 1.82) is 5.26 Å². The number of rotatable bonds is 2. The maximum atomic E-state index is 12.3. The predicted molar refractivity (Wildman–Crippen MR) is 85.6 cm³/mol. The number of benzene rings is 2. The molecular weight excluding hydrogens is 274 g/mol. The van der Waals surface area contributed by atoms with Crippen molar-refractivity contribution in [2.75, 3.05) is 5.32 Å². The van der Waals surface area contributed by atoms with Gasteiger partial charge in [-0.2, -0.15) is 5.26 Å². The number of aryl methyl sites for hydroxylation is 1. The van der Waals surface area contributed by atoms with Crippen molar-refractivity contribution in [2.24, 2.45) is 5.73 Å². The second kappa shape index (κ2) is 6.00. The summed E-state index contributed by atoms with van der Waals surface area (Å²) in [6, 6.07) is 14.9. The molecule has 1 aliphatic rings. The molecule has 2 aromatic rings. The molecule has 3 N–H and O–H groups in total. The van der Waals surface area contributed by atoms with Crippen LogP contribution in [0, 0.1) is 11.3 Å². The van der Waals surface area contributed by atoms with Gasteiger partial charge in [-0.3, -0.25) is 4.79 Å². The van der Waals surface area contributed by atoms with E-state index < -0.39 is 0 Å². The van der Waals surface area contributed by atoms with Crippen LogP contribution in [0.1, 0.15) is 33.5 Å². The lowest BCUT2D eigenvalue weighted by Gasteiger charge is -2.21. The van der Waals surface area contributed by atoms with Gasteiger partial charge in [0, 0.05) is 17.3 Å². The molecule has 22 heavy (non-hydrogen) atoms. The van der Waals surface area contributed by atoms with Crippen molar-refractivity contribution in [1.82, 2.24) is 0 Å². The van der Waals surface area contributed by atoms with Crippen molar-refractivity contribution in [2.45, 2.75) is 25.3 Å². The molecule has 110 valence electrons. The van der Waals surface area contributed by atoms with Crippen molar-refractivity contribution in [3.63, 3.8) is 0 Å². The highest BCUT2D eigenvalue weighted by Gasteiger charge is 2.17. The van der Waals surface area contributed by atoms with Crippen LogP contribution < -0.4 is 11.1 Å². The topological polar surface area (TPSA) is 78.9 Å². The zero-order valence-corrected chi connectivity index (χ0v) is 12.2. The second-order valence-corrected chi connectivity index (χ2v) is 5.63. The van der Waals surface area contributed by atoms with Crippen LogP contribution in [0.5, 0.6) is 0 Å². The molecule has 1 amide bonds. The summed E-state index contributed by atoms with van der Waals surface area (Å²) in [5.41, 5.74) is 10.3. The zero-order valence-electron chi connectivity index (χ0n) is 12.2. The molecule has 3 rings (SSSR count). The monoisotopic (exact) mass is 291 g/mol. The molecule has 0 heterocycles. The maximum Gasteiger partial charge on any atom is 0.255 e. The van der Waals surface area contributed by atoms with Gasteiger partial charge in [0.2, 0.25) is 0 Å². The molecule has 0 fully saturated rings. The van der Waals surface area contributed by atoms with Gasteiger partial charge < -0.3 is 11.1 Å². The van der Waals surface area contributed by atoms with Gasteiger partial charge >= 0.3 is 0 Å². The normalized spacial score (nSPS) is 16.5. The summed E-state index contributed by atoms with van der Waals surface area (Å²) in [4.78, 5) is 12.3. The number of fused-ring (bicyclic) bond motifs is 1. The first kappa shape index (κ1) is 14.3. The third-order valence-corrected chi connectivity index (χ3v) is 4.01. The van der Waals surface area contributed by atoms with E-state index in [9.17, 15) is 4.79 Å². The van der Waals surface area contributed by atoms with E-state index in [1.54, 1.807) is 24.3 Å². The first-order chi connectivity index (χ1) is 10.7. The molecule has 0 aliphatic heterocycles. The fourth-order valence-corrected chi connectivity index (χ4v) is 2.76. The van der Waals surface area contributed by atoms with Gasteiger partial charge in [0.25, 0.3) is 5.91 Å². The Morgan fingerprint density at radius 3 is 2.68 bits per heavy atom. The lowest BCUT2D eigenvalue weighted by Crippen LogP contribution is -2.28. The molecule has 1 atom stereocenters. The summed E-state index contributed by atoms with van der Waals surface area (Å²) >= 11 is 0. The smallest absolute Gasteiger partial charge is 0.255 e. The zero-order chi connectivity index (χ0) is 15.5. The largest absolute Gasteiger partial charge is 0.327 e. The van der Waals surface area contributed by atoms with E-state index >= 15 is 0 Å². The number of nitrogens with two attached hydrogens (primary N) is 1. The standard InChI is InChI=1S/C18H17N3O/c19-11-12-1-7-17(8-2-12)21-18(22)15-4-3-14-10-16(20)6-5-13(14)9-15/h1-4,7-9,16H,5-6,10,20H2,(H,21,22). The number of nitrogens with one attached hydrogen (secondary N) is 1. The van der Waals surface area contributed by atoms with Crippen LogP contribution in [0.4, 0.5) is 5.69 Å². The Morgan fingerprint density at radius 1 is 1.18 bits per heavy atom. The van der Waals surface area contributed by atoms with Crippen molar-refractivity contribution < 1.29 is 4.79 Å². The average molecular weight is 291 g/mol. The molecule has 4 heteroatoms. The predicted octanol–water partition coefficient (Wildman–Crippen LogP) is 2.63. The summed E-state index contributed by atoms with van der Waals surface area (Å²) in [5.74, 6) is -0.137. The van der Waals surface area contributed by atoms with Crippen molar-refractivity contribution >= 4 is 11.6 Å². The van der Waals surface area contributed by atoms with E-state index in [4.69, 9.17) is 11.0 Å². The number of nitriles is 1. The number of nitrogens with zero attached hydrogens (tertiary/aromatic N) is 1. The third kappa shape index (κ3) is 3.00. The van der Waals surface area contributed by atoms with E-state index in [1.807, 2.05) is 18.2 Å². The van der Waals surface area contributed by atoms with E-state index in [0.29, 0.717) is 16.8 Å². The number of anilines is 1. The van der Waals surface area contributed by atoms with Gasteiger partial charge in [-0.25, -0.2) is 0 Å². The van der Waals surface area contributed by atoms with Gasteiger partial charge in [-0.15, -0.1) is 0 Å². The number of carbonyl (C=O) groups is 1. The van der Waals surface area contributed by atoms with E-state index in [1.165, 1.54) is 11.1 Å². The van der Waals surface area contributed by atoms with Crippen LogP contribution in [-0.2, 0) is 12.8 Å². The maximum absolute atomic E-state index is 12.3. The highest BCUT2D eigenvalue weighted by Crippen LogP contribution is 2.22. The molecule has 0 saturated heterocycles. The van der Waals surface area contributed by atoms with Gasteiger partial charge in [0.05, 0.1) is 11.6 Å². The van der Waals surface area contributed by atoms with E-state index in [0.717, 1.165) is 19.3 Å². The Hall–Kier alpha value is -2.64. The Bertz CT molecular complexity index is 744. The lowest BCUT2D eigenvalue weighted by atomic mass is 9.87. The second-order valence-electron chi connectivity index (χ2n) is 5.63. The molecule has 0 aromatic heterocycles. The number of amides is 1. The number of hydrogen-bond acceptors (Lipinski definition) is 3. The van der Waals surface area contributed by atoms with Crippen molar-refractivity contribution in [3.8, 4) is 6.07 Å². The Kier molecular flexibility index (Phi) is 3.90. The molecule has 0 spiro atoms. The first-order valence-electron chi connectivity index (χ1n) is 7.34. The summed E-state index contributed by atoms with van der Waals surface area (Å²) in [6.45, 7) is 0. The minimum Gasteiger partial charge on any atom is -0.327 e. The molecule has 0 radical (unpaired) electrons. The number of carbonyl (C=O) groups excluding carboxylic acids is 1. The fraction of sp³-hybridized carbons (Fsp3) is 0.222. The van der Waals surface area contributed by atoms with Gasteiger partial charge in [0.15, 0.2) is 0 Å². The molecule has 1 unspecified atom stereocenters. The van der Waals surface area contributed by atoms with Gasteiger partial charge in [-0.1, -0.05) is 6.07 Å². The Labute approximate surface area is 129 Å². The SMILES string of the molecule is N#Cc1ccc(NC(=O)c2ccc3c(c2)CCC(N)C3)cc1. The van der Waals surface area contributed by atoms with Crippen LogP contribution >= 0.6 is 0 Å². The van der Waals surface area contributed by atoms with Crippen molar-refractivity contribution in [3.05, 3.63) is 64.7 Å². The molecule has 1 aliphatic carbocycles. The highest BCUT2D eigenvalue weighted by molar-refractivity contribution is 6.04. The number of hydrogen-bond donors (Lipinski definition) is 2. The highest BCUT2D eigenvalue weighted by atomic mass is 16.1. The first-order valence-corrected chi connectivity index (χ1v) is 7.34. The van der Waals surface area contributed by atoms with Crippen LogP contribution in [-0.4, -0.2) is 11.9 Å². The summed E-state index contributed by atoms with van der Waals surface area (Å²) in [5, 5.41) is 11.6.